The quantitative estimate of drug-likeness (QED) is 0.556. The van der Waals surface area contributed by atoms with Crippen LogP contribution in [0.5, 0.6) is 0 Å². The van der Waals surface area contributed by atoms with E-state index in [4.69, 9.17) is 0 Å². The second kappa shape index (κ2) is 4.99. The molecule has 0 radical (unpaired) electrons. The van der Waals surface area contributed by atoms with E-state index in [0.29, 0.717) is 6.04 Å². The summed E-state index contributed by atoms with van der Waals surface area (Å²) in [4.78, 5) is 10.9. The van der Waals surface area contributed by atoms with Gasteiger partial charge < -0.3 is 9.30 Å². The monoisotopic (exact) mass is 215 g/mol. The zero-order valence-corrected chi connectivity index (χ0v) is 9.24. The lowest BCUT2D eigenvalue weighted by atomic mass is 10.4. The summed E-state index contributed by atoms with van der Waals surface area (Å²) in [5.41, 5.74) is 0. The Kier molecular flexibility index (Phi) is 3.94. The van der Waals surface area contributed by atoms with Crippen LogP contribution in [0.2, 0.25) is 0 Å². The highest BCUT2D eigenvalue weighted by molar-refractivity contribution is 7.99. The van der Waals surface area contributed by atoms with Crippen molar-refractivity contribution in [2.75, 3.05) is 12.9 Å². The molecule has 0 aromatic carbocycles. The Labute approximate surface area is 86.8 Å². The molecule has 0 spiro atoms. The number of ether oxygens (including phenoxy) is 1. The standard InChI is InChI=1S/C8H13N3O2S/c1-6(2)11-5-9-10-8(11)14-4-7(12)13-3/h5-6H,4H2,1-3H3. The van der Waals surface area contributed by atoms with Crippen LogP contribution in [0, 0.1) is 0 Å². The van der Waals surface area contributed by atoms with Gasteiger partial charge in [-0.25, -0.2) is 0 Å². The molecule has 0 fully saturated rings. The first-order chi connectivity index (χ1) is 6.65. The first kappa shape index (κ1) is 11.0. The maximum absolute atomic E-state index is 10.9. The number of hydrogen-bond donors (Lipinski definition) is 0. The topological polar surface area (TPSA) is 57.0 Å². The van der Waals surface area contributed by atoms with Crippen molar-refractivity contribution >= 4 is 17.7 Å². The molecule has 78 valence electrons. The minimum Gasteiger partial charge on any atom is -0.468 e. The molecule has 0 bridgehead atoms. The van der Waals surface area contributed by atoms with Crippen LogP contribution in [0.25, 0.3) is 0 Å². The van der Waals surface area contributed by atoms with Crippen molar-refractivity contribution in [1.29, 1.82) is 0 Å². The molecule has 0 unspecified atom stereocenters. The molecule has 0 aliphatic rings. The van der Waals surface area contributed by atoms with Gasteiger partial charge in [-0.1, -0.05) is 11.8 Å². The highest BCUT2D eigenvalue weighted by Gasteiger charge is 2.10. The Balaban J connectivity index is 2.58. The van der Waals surface area contributed by atoms with Gasteiger partial charge in [0.05, 0.1) is 12.9 Å². The molecule has 1 heterocycles. The van der Waals surface area contributed by atoms with Gasteiger partial charge in [0.25, 0.3) is 0 Å². The molecule has 0 saturated heterocycles. The van der Waals surface area contributed by atoms with E-state index in [2.05, 4.69) is 14.9 Å². The third-order valence-electron chi connectivity index (χ3n) is 1.64. The first-order valence-electron chi connectivity index (χ1n) is 4.24. The molecular weight excluding hydrogens is 202 g/mol. The van der Waals surface area contributed by atoms with Gasteiger partial charge in [-0.2, -0.15) is 0 Å². The molecular formula is C8H13N3O2S. The minimum atomic E-state index is -0.256. The number of thioether (sulfide) groups is 1. The van der Waals surface area contributed by atoms with Gasteiger partial charge >= 0.3 is 5.97 Å². The Hall–Kier alpha value is -1.04. The van der Waals surface area contributed by atoms with E-state index in [-0.39, 0.29) is 11.7 Å². The molecule has 5 nitrogen and oxygen atoms in total. The second-order valence-corrected chi connectivity index (χ2v) is 3.92. The lowest BCUT2D eigenvalue weighted by molar-refractivity contribution is -0.137. The van der Waals surface area contributed by atoms with Crippen molar-refractivity contribution in [3.63, 3.8) is 0 Å². The van der Waals surface area contributed by atoms with Crippen LogP contribution in [-0.2, 0) is 9.53 Å². The van der Waals surface area contributed by atoms with E-state index in [0.717, 1.165) is 5.16 Å². The number of rotatable bonds is 4. The average molecular weight is 215 g/mol. The van der Waals surface area contributed by atoms with Crippen molar-refractivity contribution in [1.82, 2.24) is 14.8 Å². The number of esters is 1. The summed E-state index contributed by atoms with van der Waals surface area (Å²) in [7, 11) is 1.37. The number of carbonyl (C=O) groups is 1. The molecule has 0 atom stereocenters. The Morgan fingerprint density at radius 2 is 2.43 bits per heavy atom. The first-order valence-corrected chi connectivity index (χ1v) is 5.22. The number of nitrogens with zero attached hydrogens (tertiary/aromatic N) is 3. The zero-order valence-electron chi connectivity index (χ0n) is 8.43. The molecule has 1 rings (SSSR count). The van der Waals surface area contributed by atoms with Crippen molar-refractivity contribution in [3.05, 3.63) is 6.33 Å². The van der Waals surface area contributed by atoms with Gasteiger partial charge in [0.15, 0.2) is 5.16 Å². The number of methoxy groups -OCH3 is 1. The number of hydrogen-bond acceptors (Lipinski definition) is 5. The third kappa shape index (κ3) is 2.73. The summed E-state index contributed by atoms with van der Waals surface area (Å²) >= 11 is 1.33. The molecule has 1 aromatic heterocycles. The van der Waals surface area contributed by atoms with Crippen LogP contribution in [-0.4, -0.2) is 33.6 Å². The Bertz CT molecular complexity index is 311. The van der Waals surface area contributed by atoms with Gasteiger partial charge in [-0.3, -0.25) is 4.79 Å². The maximum Gasteiger partial charge on any atom is 0.316 e. The predicted molar refractivity (Wildman–Crippen MR) is 53.1 cm³/mol. The van der Waals surface area contributed by atoms with E-state index in [1.807, 2.05) is 18.4 Å². The maximum atomic E-state index is 10.9. The van der Waals surface area contributed by atoms with Gasteiger partial charge in [-0.15, -0.1) is 10.2 Å². The van der Waals surface area contributed by atoms with Crippen LogP contribution >= 0.6 is 11.8 Å². The largest absolute Gasteiger partial charge is 0.468 e. The molecule has 0 aliphatic heterocycles. The van der Waals surface area contributed by atoms with Crippen molar-refractivity contribution in [2.24, 2.45) is 0 Å². The average Bonchev–Trinajstić information content (AvgIpc) is 2.62. The van der Waals surface area contributed by atoms with Crippen LogP contribution < -0.4 is 0 Å². The van der Waals surface area contributed by atoms with Crippen molar-refractivity contribution < 1.29 is 9.53 Å². The molecule has 0 saturated carbocycles. The fourth-order valence-electron chi connectivity index (χ4n) is 0.872. The van der Waals surface area contributed by atoms with Gasteiger partial charge in [0.2, 0.25) is 0 Å². The normalized spacial score (nSPS) is 10.6. The van der Waals surface area contributed by atoms with E-state index < -0.39 is 0 Å². The van der Waals surface area contributed by atoms with Gasteiger partial charge in [0, 0.05) is 6.04 Å². The summed E-state index contributed by atoms with van der Waals surface area (Å²) in [5.74, 6) is 0.00959. The SMILES string of the molecule is COC(=O)CSc1nncn1C(C)C. The second-order valence-electron chi connectivity index (χ2n) is 2.98. The fourth-order valence-corrected chi connectivity index (χ4v) is 1.75. The molecule has 0 N–H and O–H groups in total. The Morgan fingerprint density at radius 1 is 1.71 bits per heavy atom. The Morgan fingerprint density at radius 3 is 3.00 bits per heavy atom. The van der Waals surface area contributed by atoms with E-state index in [1.165, 1.54) is 18.9 Å². The molecule has 1 aromatic rings. The fraction of sp³-hybridized carbons (Fsp3) is 0.625. The summed E-state index contributed by atoms with van der Waals surface area (Å²) in [6.07, 6.45) is 1.66. The van der Waals surface area contributed by atoms with Crippen LogP contribution in [0.15, 0.2) is 11.5 Å². The van der Waals surface area contributed by atoms with E-state index in [9.17, 15) is 4.79 Å². The lowest BCUT2D eigenvalue weighted by Crippen LogP contribution is -2.06. The smallest absolute Gasteiger partial charge is 0.316 e. The summed E-state index contributed by atoms with van der Waals surface area (Å²) in [5, 5.41) is 8.44. The van der Waals surface area contributed by atoms with Crippen LogP contribution in [0.3, 0.4) is 0 Å². The summed E-state index contributed by atoms with van der Waals surface area (Å²) in [6.45, 7) is 4.07. The molecule has 0 amide bonds. The summed E-state index contributed by atoms with van der Waals surface area (Å²) < 4.78 is 6.44. The molecule has 0 aliphatic carbocycles. The van der Waals surface area contributed by atoms with Crippen molar-refractivity contribution in [2.45, 2.75) is 25.0 Å². The van der Waals surface area contributed by atoms with Gasteiger partial charge in [-0.05, 0) is 13.8 Å². The molecule has 14 heavy (non-hydrogen) atoms. The summed E-state index contributed by atoms with van der Waals surface area (Å²) in [6, 6.07) is 0.296. The minimum absolute atomic E-state index is 0.256. The predicted octanol–water partition coefficient (Wildman–Crippen LogP) is 1.12. The van der Waals surface area contributed by atoms with Crippen LogP contribution in [0.1, 0.15) is 19.9 Å². The van der Waals surface area contributed by atoms with Crippen molar-refractivity contribution in [3.8, 4) is 0 Å². The molecule has 6 heteroatoms. The highest BCUT2D eigenvalue weighted by atomic mass is 32.2. The third-order valence-corrected chi connectivity index (χ3v) is 2.57. The van der Waals surface area contributed by atoms with Gasteiger partial charge in [0.1, 0.15) is 6.33 Å². The zero-order chi connectivity index (χ0) is 10.6. The highest BCUT2D eigenvalue weighted by Crippen LogP contribution is 2.18. The lowest BCUT2D eigenvalue weighted by Gasteiger charge is -2.08. The van der Waals surface area contributed by atoms with E-state index in [1.54, 1.807) is 6.33 Å². The van der Waals surface area contributed by atoms with E-state index >= 15 is 0 Å². The van der Waals surface area contributed by atoms with Crippen LogP contribution in [0.4, 0.5) is 0 Å². The number of aromatic nitrogens is 3. The number of carbonyl (C=O) groups excluding carboxylic acids is 1.